The van der Waals surface area contributed by atoms with Crippen LogP contribution >= 0.6 is 0 Å². The lowest BCUT2D eigenvalue weighted by atomic mass is 9.80. The van der Waals surface area contributed by atoms with Crippen LogP contribution in [-0.2, 0) is 9.59 Å². The molecular formula is C15H24N4O3. The van der Waals surface area contributed by atoms with Crippen molar-refractivity contribution in [1.82, 2.24) is 20.4 Å². The molecule has 2 N–H and O–H groups in total. The van der Waals surface area contributed by atoms with Gasteiger partial charge in [0.25, 0.3) is 5.91 Å². The molecular weight excluding hydrogens is 284 g/mol. The highest BCUT2D eigenvalue weighted by molar-refractivity contribution is 6.07. The van der Waals surface area contributed by atoms with E-state index in [0.717, 1.165) is 32.2 Å². The lowest BCUT2D eigenvalue weighted by molar-refractivity contribution is -0.132. The highest BCUT2D eigenvalue weighted by Crippen LogP contribution is 2.30. The van der Waals surface area contributed by atoms with E-state index in [2.05, 4.69) is 15.5 Å². The fraction of sp³-hybridized carbons (Fsp3) is 0.800. The standard InChI is InChI=1S/C15H24N4O3/c1-15(13(21)16-14(22)17-15)10-4-3-7-19(8-10)9-12(20)18(2)11-5-6-11/h10-11H,3-9H2,1-2H3,(H2,16,17,21,22)/t10-,15+/m1/s1. The van der Waals surface area contributed by atoms with Gasteiger partial charge in [-0.05, 0) is 39.2 Å². The molecule has 7 heteroatoms. The normalized spacial score (nSPS) is 32.5. The van der Waals surface area contributed by atoms with Crippen LogP contribution in [0.2, 0.25) is 0 Å². The minimum Gasteiger partial charge on any atom is -0.342 e. The predicted molar refractivity (Wildman–Crippen MR) is 80.0 cm³/mol. The zero-order chi connectivity index (χ0) is 15.9. The first kappa shape index (κ1) is 15.3. The van der Waals surface area contributed by atoms with Gasteiger partial charge in [0, 0.05) is 25.6 Å². The number of nitrogens with one attached hydrogen (secondary N) is 2. The number of carbonyl (C=O) groups excluding carboxylic acids is 3. The van der Waals surface area contributed by atoms with Gasteiger partial charge >= 0.3 is 6.03 Å². The molecule has 2 atom stereocenters. The van der Waals surface area contributed by atoms with Gasteiger partial charge in [-0.15, -0.1) is 0 Å². The van der Waals surface area contributed by atoms with Crippen LogP contribution in [0.5, 0.6) is 0 Å². The molecule has 0 unspecified atom stereocenters. The Morgan fingerprint density at radius 3 is 2.68 bits per heavy atom. The summed E-state index contributed by atoms with van der Waals surface area (Å²) in [5.74, 6) is -0.0780. The summed E-state index contributed by atoms with van der Waals surface area (Å²) in [4.78, 5) is 39.7. The molecule has 22 heavy (non-hydrogen) atoms. The Bertz CT molecular complexity index is 505. The van der Waals surface area contributed by atoms with Crippen molar-refractivity contribution in [3.8, 4) is 0 Å². The van der Waals surface area contributed by atoms with E-state index in [-0.39, 0.29) is 17.7 Å². The van der Waals surface area contributed by atoms with Crippen molar-refractivity contribution in [3.63, 3.8) is 0 Å². The zero-order valence-corrected chi connectivity index (χ0v) is 13.2. The summed E-state index contributed by atoms with van der Waals surface area (Å²) in [5, 5.41) is 5.07. The van der Waals surface area contributed by atoms with E-state index in [1.54, 1.807) is 6.92 Å². The third kappa shape index (κ3) is 2.82. The average molecular weight is 308 g/mol. The molecule has 0 aromatic carbocycles. The second-order valence-corrected chi connectivity index (χ2v) is 6.92. The van der Waals surface area contributed by atoms with Crippen LogP contribution in [0.1, 0.15) is 32.6 Å². The molecule has 122 valence electrons. The Morgan fingerprint density at radius 2 is 2.09 bits per heavy atom. The van der Waals surface area contributed by atoms with E-state index in [1.165, 1.54) is 0 Å². The predicted octanol–water partition coefficient (Wildman–Crippen LogP) is -0.0827. The van der Waals surface area contributed by atoms with Crippen LogP contribution in [0.3, 0.4) is 0 Å². The van der Waals surface area contributed by atoms with Crippen LogP contribution in [0.15, 0.2) is 0 Å². The summed E-state index contributed by atoms with van der Waals surface area (Å²) >= 11 is 0. The number of urea groups is 1. The Kier molecular flexibility index (Phi) is 3.84. The lowest BCUT2D eigenvalue weighted by Crippen LogP contribution is -2.56. The molecule has 0 radical (unpaired) electrons. The van der Waals surface area contributed by atoms with E-state index < -0.39 is 11.6 Å². The summed E-state index contributed by atoms with van der Waals surface area (Å²) < 4.78 is 0. The number of likely N-dealkylation sites (N-methyl/N-ethyl adjacent to an activating group) is 1. The van der Waals surface area contributed by atoms with E-state index in [1.807, 2.05) is 11.9 Å². The van der Waals surface area contributed by atoms with Gasteiger partial charge < -0.3 is 10.2 Å². The first-order valence-electron chi connectivity index (χ1n) is 8.02. The van der Waals surface area contributed by atoms with Crippen molar-refractivity contribution in [2.45, 2.75) is 44.2 Å². The molecule has 3 fully saturated rings. The molecule has 3 aliphatic rings. The zero-order valence-electron chi connectivity index (χ0n) is 13.2. The number of imide groups is 1. The molecule has 7 nitrogen and oxygen atoms in total. The van der Waals surface area contributed by atoms with Crippen LogP contribution in [0, 0.1) is 5.92 Å². The SMILES string of the molecule is CN(C(=O)CN1CCC[C@@H]([C@]2(C)NC(=O)NC2=O)C1)C1CC1. The first-order chi connectivity index (χ1) is 10.4. The molecule has 2 heterocycles. The summed E-state index contributed by atoms with van der Waals surface area (Å²) in [6.45, 7) is 3.70. The number of piperidine rings is 1. The monoisotopic (exact) mass is 308 g/mol. The number of carbonyl (C=O) groups is 3. The van der Waals surface area contributed by atoms with Crippen LogP contribution in [0.25, 0.3) is 0 Å². The van der Waals surface area contributed by atoms with Crippen molar-refractivity contribution < 1.29 is 14.4 Å². The number of likely N-dealkylation sites (tertiary alicyclic amines) is 1. The number of rotatable bonds is 4. The third-order valence-corrected chi connectivity index (χ3v) is 5.24. The van der Waals surface area contributed by atoms with E-state index in [0.29, 0.717) is 19.1 Å². The minimum absolute atomic E-state index is 0.0340. The molecule has 1 aliphatic carbocycles. The van der Waals surface area contributed by atoms with Gasteiger partial charge in [0.1, 0.15) is 5.54 Å². The Morgan fingerprint density at radius 1 is 1.36 bits per heavy atom. The molecule has 0 aromatic heterocycles. The maximum atomic E-state index is 12.3. The Hall–Kier alpha value is -1.63. The van der Waals surface area contributed by atoms with E-state index >= 15 is 0 Å². The van der Waals surface area contributed by atoms with E-state index in [4.69, 9.17) is 0 Å². The second-order valence-electron chi connectivity index (χ2n) is 6.92. The van der Waals surface area contributed by atoms with Crippen molar-refractivity contribution in [1.29, 1.82) is 0 Å². The summed E-state index contributed by atoms with van der Waals surface area (Å²) in [6.07, 6.45) is 4.03. The number of nitrogens with zero attached hydrogens (tertiary/aromatic N) is 2. The second kappa shape index (κ2) is 5.53. The van der Waals surface area contributed by atoms with Crippen LogP contribution < -0.4 is 10.6 Å². The highest BCUT2D eigenvalue weighted by Gasteiger charge is 2.49. The van der Waals surface area contributed by atoms with Gasteiger partial charge in [0.15, 0.2) is 0 Å². The van der Waals surface area contributed by atoms with Gasteiger partial charge in [-0.3, -0.25) is 19.8 Å². The van der Waals surface area contributed by atoms with Crippen molar-refractivity contribution in [2.75, 3.05) is 26.7 Å². The van der Waals surface area contributed by atoms with Gasteiger partial charge in [-0.25, -0.2) is 4.79 Å². The molecule has 2 aliphatic heterocycles. The molecule has 1 saturated carbocycles. The lowest BCUT2D eigenvalue weighted by Gasteiger charge is -2.39. The minimum atomic E-state index is -0.860. The summed E-state index contributed by atoms with van der Waals surface area (Å²) in [5.41, 5.74) is -0.860. The Labute approximate surface area is 130 Å². The molecule has 0 bridgehead atoms. The molecule has 3 rings (SSSR count). The van der Waals surface area contributed by atoms with E-state index in [9.17, 15) is 14.4 Å². The molecule has 0 spiro atoms. The van der Waals surface area contributed by atoms with Gasteiger partial charge in [0.05, 0.1) is 6.54 Å². The van der Waals surface area contributed by atoms with Gasteiger partial charge in [-0.2, -0.15) is 0 Å². The van der Waals surface area contributed by atoms with Gasteiger partial charge in [0.2, 0.25) is 5.91 Å². The smallest absolute Gasteiger partial charge is 0.322 e. The van der Waals surface area contributed by atoms with Gasteiger partial charge in [-0.1, -0.05) is 0 Å². The van der Waals surface area contributed by atoms with Crippen LogP contribution in [-0.4, -0.2) is 65.9 Å². The Balaban J connectivity index is 1.60. The maximum absolute atomic E-state index is 12.3. The summed E-state index contributed by atoms with van der Waals surface area (Å²) in [7, 11) is 1.87. The van der Waals surface area contributed by atoms with Crippen molar-refractivity contribution >= 4 is 17.8 Å². The summed E-state index contributed by atoms with van der Waals surface area (Å²) in [6, 6.07) is -0.000306. The molecule has 2 saturated heterocycles. The van der Waals surface area contributed by atoms with Crippen LogP contribution in [0.4, 0.5) is 4.79 Å². The maximum Gasteiger partial charge on any atom is 0.322 e. The number of hydrogen-bond donors (Lipinski definition) is 2. The number of hydrogen-bond acceptors (Lipinski definition) is 4. The van der Waals surface area contributed by atoms with Crippen molar-refractivity contribution in [3.05, 3.63) is 0 Å². The molecule has 0 aromatic rings. The average Bonchev–Trinajstić information content (AvgIpc) is 3.27. The fourth-order valence-electron chi connectivity index (χ4n) is 3.48. The molecule has 4 amide bonds. The number of amides is 4. The fourth-order valence-corrected chi connectivity index (χ4v) is 3.48. The largest absolute Gasteiger partial charge is 0.342 e. The highest BCUT2D eigenvalue weighted by atomic mass is 16.2. The first-order valence-corrected chi connectivity index (χ1v) is 8.02. The van der Waals surface area contributed by atoms with Crippen molar-refractivity contribution in [2.24, 2.45) is 5.92 Å². The quantitative estimate of drug-likeness (QED) is 0.712. The third-order valence-electron chi connectivity index (χ3n) is 5.24. The topological polar surface area (TPSA) is 81.8 Å².